The fraction of sp³-hybridized carbons (Fsp3) is 0.900. The molecule has 5 nitrogen and oxygen atoms in total. The van der Waals surface area contributed by atoms with Crippen LogP contribution in [0.3, 0.4) is 0 Å². The standard InChI is InChI=1S/C10H20O5S/c1-9(16)10(11)15-8-7-14-6-5-13-4-3-12-2/h9,16H,3-8H2,1-2H3. The first-order valence-electron chi connectivity index (χ1n) is 5.17. The van der Waals surface area contributed by atoms with Crippen molar-refractivity contribution in [1.82, 2.24) is 0 Å². The molecule has 0 aliphatic heterocycles. The van der Waals surface area contributed by atoms with Crippen molar-refractivity contribution in [2.75, 3.05) is 46.8 Å². The molecular formula is C10H20O5S. The van der Waals surface area contributed by atoms with Gasteiger partial charge in [-0.3, -0.25) is 4.79 Å². The highest BCUT2D eigenvalue weighted by Crippen LogP contribution is 1.95. The molecule has 0 aromatic rings. The van der Waals surface area contributed by atoms with Gasteiger partial charge in [0.25, 0.3) is 0 Å². The maximum absolute atomic E-state index is 11.0. The molecule has 0 saturated carbocycles. The number of carbonyl (C=O) groups is 1. The number of carbonyl (C=O) groups excluding carboxylic acids is 1. The molecule has 0 N–H and O–H groups in total. The highest BCUT2D eigenvalue weighted by Gasteiger charge is 2.07. The fourth-order valence-electron chi connectivity index (χ4n) is 0.786. The number of ether oxygens (including phenoxy) is 4. The Bertz CT molecular complexity index is 175. The normalized spacial score (nSPS) is 12.4. The zero-order valence-corrected chi connectivity index (χ0v) is 10.7. The summed E-state index contributed by atoms with van der Waals surface area (Å²) in [5.74, 6) is -0.330. The molecule has 0 rings (SSSR count). The zero-order chi connectivity index (χ0) is 12.2. The Morgan fingerprint density at radius 1 is 1.06 bits per heavy atom. The second kappa shape index (κ2) is 11.2. The SMILES string of the molecule is COCCOCCOCCOC(=O)C(C)S. The van der Waals surface area contributed by atoms with Crippen LogP contribution in [0.1, 0.15) is 6.92 Å². The summed E-state index contributed by atoms with van der Waals surface area (Å²) in [7, 11) is 1.62. The van der Waals surface area contributed by atoms with Gasteiger partial charge in [0.05, 0.1) is 38.3 Å². The van der Waals surface area contributed by atoms with E-state index in [2.05, 4.69) is 12.6 Å². The second-order valence-corrected chi connectivity index (χ2v) is 3.84. The Morgan fingerprint density at radius 3 is 2.06 bits per heavy atom. The van der Waals surface area contributed by atoms with E-state index < -0.39 is 5.25 Å². The Balaban J connectivity index is 3.07. The fourth-order valence-corrected chi connectivity index (χ4v) is 0.861. The molecule has 16 heavy (non-hydrogen) atoms. The van der Waals surface area contributed by atoms with E-state index in [1.54, 1.807) is 14.0 Å². The molecule has 0 aliphatic rings. The van der Waals surface area contributed by atoms with Gasteiger partial charge < -0.3 is 18.9 Å². The molecule has 0 spiro atoms. The first-order valence-corrected chi connectivity index (χ1v) is 5.69. The van der Waals surface area contributed by atoms with Gasteiger partial charge in [0.2, 0.25) is 0 Å². The minimum Gasteiger partial charge on any atom is -0.462 e. The Morgan fingerprint density at radius 2 is 1.56 bits per heavy atom. The summed E-state index contributed by atoms with van der Waals surface area (Å²) >= 11 is 3.94. The molecule has 0 aromatic heterocycles. The Hall–Kier alpha value is -0.300. The molecule has 0 bridgehead atoms. The molecule has 0 amide bonds. The van der Waals surface area contributed by atoms with E-state index in [0.717, 1.165) is 0 Å². The van der Waals surface area contributed by atoms with Crippen LogP contribution in [0.4, 0.5) is 0 Å². The Labute approximate surface area is 102 Å². The molecule has 96 valence electrons. The maximum atomic E-state index is 11.0. The number of hydrogen-bond acceptors (Lipinski definition) is 6. The average Bonchev–Trinajstić information content (AvgIpc) is 2.26. The van der Waals surface area contributed by atoms with Crippen LogP contribution < -0.4 is 0 Å². The van der Waals surface area contributed by atoms with Gasteiger partial charge in [-0.2, -0.15) is 12.6 Å². The van der Waals surface area contributed by atoms with E-state index in [0.29, 0.717) is 33.0 Å². The van der Waals surface area contributed by atoms with Gasteiger partial charge in [-0.1, -0.05) is 0 Å². The van der Waals surface area contributed by atoms with Crippen molar-refractivity contribution in [3.63, 3.8) is 0 Å². The summed E-state index contributed by atoms with van der Waals surface area (Å²) in [4.78, 5) is 11.0. The third-order valence-electron chi connectivity index (χ3n) is 1.62. The lowest BCUT2D eigenvalue weighted by Crippen LogP contribution is -2.18. The topological polar surface area (TPSA) is 54.0 Å². The summed E-state index contributed by atoms with van der Waals surface area (Å²) in [5.41, 5.74) is 0. The van der Waals surface area contributed by atoms with Gasteiger partial charge in [0.15, 0.2) is 0 Å². The van der Waals surface area contributed by atoms with Gasteiger partial charge in [0.1, 0.15) is 6.61 Å². The van der Waals surface area contributed by atoms with E-state index in [1.165, 1.54) is 0 Å². The summed E-state index contributed by atoms with van der Waals surface area (Å²) in [5, 5.41) is -0.391. The minimum atomic E-state index is -0.391. The van der Waals surface area contributed by atoms with Crippen molar-refractivity contribution >= 4 is 18.6 Å². The van der Waals surface area contributed by atoms with Crippen LogP contribution in [0, 0.1) is 0 Å². The summed E-state index contributed by atoms with van der Waals surface area (Å²) in [6.45, 7) is 4.43. The monoisotopic (exact) mass is 252 g/mol. The van der Waals surface area contributed by atoms with Crippen molar-refractivity contribution in [2.45, 2.75) is 12.2 Å². The quantitative estimate of drug-likeness (QED) is 0.349. The van der Waals surface area contributed by atoms with Crippen LogP contribution in [0.5, 0.6) is 0 Å². The van der Waals surface area contributed by atoms with Gasteiger partial charge >= 0.3 is 5.97 Å². The molecule has 6 heteroatoms. The summed E-state index contributed by atoms with van der Waals surface area (Å²) < 4.78 is 20.0. The lowest BCUT2D eigenvalue weighted by Gasteiger charge is -2.07. The van der Waals surface area contributed by atoms with Crippen molar-refractivity contribution in [3.8, 4) is 0 Å². The third-order valence-corrected chi connectivity index (χ3v) is 1.83. The largest absolute Gasteiger partial charge is 0.462 e. The van der Waals surface area contributed by atoms with Crippen LogP contribution in [0.15, 0.2) is 0 Å². The molecule has 0 heterocycles. The lowest BCUT2D eigenvalue weighted by atomic mass is 10.5. The molecule has 1 unspecified atom stereocenters. The lowest BCUT2D eigenvalue weighted by molar-refractivity contribution is -0.144. The van der Waals surface area contributed by atoms with Gasteiger partial charge in [-0.25, -0.2) is 0 Å². The molecule has 1 atom stereocenters. The van der Waals surface area contributed by atoms with E-state index >= 15 is 0 Å². The number of rotatable bonds is 10. The second-order valence-electron chi connectivity index (χ2n) is 3.06. The molecule has 0 radical (unpaired) electrons. The van der Waals surface area contributed by atoms with Crippen molar-refractivity contribution in [3.05, 3.63) is 0 Å². The van der Waals surface area contributed by atoms with Gasteiger partial charge in [0, 0.05) is 7.11 Å². The van der Waals surface area contributed by atoms with Crippen molar-refractivity contribution < 1.29 is 23.7 Å². The van der Waals surface area contributed by atoms with Crippen LogP contribution in [0.25, 0.3) is 0 Å². The maximum Gasteiger partial charge on any atom is 0.318 e. The number of methoxy groups -OCH3 is 1. The van der Waals surface area contributed by atoms with Crippen molar-refractivity contribution in [2.24, 2.45) is 0 Å². The van der Waals surface area contributed by atoms with Gasteiger partial charge in [-0.15, -0.1) is 0 Å². The number of hydrogen-bond donors (Lipinski definition) is 1. The van der Waals surface area contributed by atoms with E-state index in [9.17, 15) is 4.79 Å². The predicted octanol–water partition coefficient (Wildman–Crippen LogP) is 0.528. The van der Waals surface area contributed by atoms with Crippen molar-refractivity contribution in [1.29, 1.82) is 0 Å². The predicted molar refractivity (Wildman–Crippen MR) is 62.9 cm³/mol. The number of thiol groups is 1. The molecule has 0 aromatic carbocycles. The molecular weight excluding hydrogens is 232 g/mol. The smallest absolute Gasteiger partial charge is 0.318 e. The molecule has 0 saturated heterocycles. The van der Waals surface area contributed by atoms with E-state index in [1.807, 2.05) is 0 Å². The first-order chi connectivity index (χ1) is 7.68. The first kappa shape index (κ1) is 15.7. The highest BCUT2D eigenvalue weighted by molar-refractivity contribution is 7.81. The van der Waals surface area contributed by atoms with E-state index in [4.69, 9.17) is 18.9 Å². The number of esters is 1. The van der Waals surface area contributed by atoms with Crippen LogP contribution >= 0.6 is 12.6 Å². The Kier molecular flexibility index (Phi) is 11.0. The average molecular weight is 252 g/mol. The zero-order valence-electron chi connectivity index (χ0n) is 9.81. The molecule has 0 aliphatic carbocycles. The van der Waals surface area contributed by atoms with Gasteiger partial charge in [-0.05, 0) is 6.92 Å². The summed E-state index contributed by atoms with van der Waals surface area (Å²) in [6, 6.07) is 0. The van der Waals surface area contributed by atoms with Crippen LogP contribution in [-0.2, 0) is 23.7 Å². The minimum absolute atomic E-state index is 0.252. The summed E-state index contributed by atoms with van der Waals surface area (Å²) in [6.07, 6.45) is 0. The van der Waals surface area contributed by atoms with Crippen LogP contribution in [-0.4, -0.2) is 58.0 Å². The highest BCUT2D eigenvalue weighted by atomic mass is 32.1. The van der Waals surface area contributed by atoms with E-state index in [-0.39, 0.29) is 12.6 Å². The molecule has 0 fully saturated rings. The van der Waals surface area contributed by atoms with Crippen LogP contribution in [0.2, 0.25) is 0 Å². The third kappa shape index (κ3) is 10.2.